The molecule has 0 aliphatic heterocycles. The first-order valence-electron chi connectivity index (χ1n) is 7.15. The highest BCUT2D eigenvalue weighted by Crippen LogP contribution is 2.30. The number of ether oxygens (including phenoxy) is 1. The fourth-order valence-corrected chi connectivity index (χ4v) is 2.66. The first-order chi connectivity index (χ1) is 10.0. The molecule has 0 bridgehead atoms. The lowest BCUT2D eigenvalue weighted by Crippen LogP contribution is -2.31. The first-order valence-corrected chi connectivity index (χ1v) is 7.15. The van der Waals surface area contributed by atoms with Crippen LogP contribution in [0, 0.1) is 13.8 Å². The van der Waals surface area contributed by atoms with E-state index in [2.05, 4.69) is 36.5 Å². The fraction of sp³-hybridized carbons (Fsp3) is 0.438. The third-order valence-corrected chi connectivity index (χ3v) is 3.89. The predicted molar refractivity (Wildman–Crippen MR) is 84.2 cm³/mol. The molecule has 21 heavy (non-hydrogen) atoms. The average Bonchev–Trinajstić information content (AvgIpc) is 2.84. The van der Waals surface area contributed by atoms with E-state index in [4.69, 9.17) is 10.6 Å². The number of nitrogens with two attached hydrogens (primary N) is 1. The molecule has 2 aromatic rings. The Bertz CT molecular complexity index is 633. The van der Waals surface area contributed by atoms with Crippen molar-refractivity contribution < 1.29 is 4.74 Å². The van der Waals surface area contributed by atoms with Crippen LogP contribution in [-0.4, -0.2) is 16.9 Å². The Hall–Kier alpha value is -1.85. The molecule has 1 aromatic carbocycles. The Kier molecular flexibility index (Phi) is 4.65. The minimum absolute atomic E-state index is 0.0904. The van der Waals surface area contributed by atoms with Crippen LogP contribution < -0.4 is 16.0 Å². The largest absolute Gasteiger partial charge is 0.496 e. The van der Waals surface area contributed by atoms with Gasteiger partial charge in [0.25, 0.3) is 0 Å². The Labute approximate surface area is 126 Å². The minimum Gasteiger partial charge on any atom is -0.496 e. The topological polar surface area (TPSA) is 65.1 Å². The van der Waals surface area contributed by atoms with E-state index >= 15 is 0 Å². The molecular formula is C16H24N4O. The second-order valence-electron chi connectivity index (χ2n) is 5.32. The smallest absolute Gasteiger partial charge is 0.122 e. The van der Waals surface area contributed by atoms with Gasteiger partial charge in [0, 0.05) is 7.05 Å². The van der Waals surface area contributed by atoms with Crippen LogP contribution in [0.25, 0.3) is 0 Å². The summed E-state index contributed by atoms with van der Waals surface area (Å²) in [6.07, 6.45) is 0.908. The summed E-state index contributed by atoms with van der Waals surface area (Å²) in [7, 11) is 3.64. The van der Waals surface area contributed by atoms with Gasteiger partial charge in [0.15, 0.2) is 0 Å². The number of methoxy groups -OCH3 is 1. The van der Waals surface area contributed by atoms with Crippen molar-refractivity contribution in [2.45, 2.75) is 33.2 Å². The first kappa shape index (κ1) is 15.5. The zero-order valence-electron chi connectivity index (χ0n) is 13.4. The highest BCUT2D eigenvalue weighted by atomic mass is 16.5. The Morgan fingerprint density at radius 3 is 2.52 bits per heavy atom. The number of hydrazine groups is 1. The highest BCUT2D eigenvalue weighted by Gasteiger charge is 2.20. The SMILES string of the molecule is CCc1cc(C(NN)c2cc(C)c(OC)cc2C)n(C)n1. The molecule has 1 unspecified atom stereocenters. The van der Waals surface area contributed by atoms with Crippen molar-refractivity contribution in [3.05, 3.63) is 46.3 Å². The van der Waals surface area contributed by atoms with Gasteiger partial charge in [-0.15, -0.1) is 0 Å². The number of aryl methyl sites for hydroxylation is 4. The van der Waals surface area contributed by atoms with Gasteiger partial charge >= 0.3 is 0 Å². The average molecular weight is 288 g/mol. The summed E-state index contributed by atoms with van der Waals surface area (Å²) in [4.78, 5) is 0. The van der Waals surface area contributed by atoms with Crippen molar-refractivity contribution in [3.63, 3.8) is 0 Å². The maximum Gasteiger partial charge on any atom is 0.122 e. The van der Waals surface area contributed by atoms with Crippen molar-refractivity contribution >= 4 is 0 Å². The molecule has 5 heteroatoms. The van der Waals surface area contributed by atoms with Crippen molar-refractivity contribution in [3.8, 4) is 5.75 Å². The monoisotopic (exact) mass is 288 g/mol. The number of rotatable bonds is 5. The highest BCUT2D eigenvalue weighted by molar-refractivity contribution is 5.45. The predicted octanol–water partition coefficient (Wildman–Crippen LogP) is 2.16. The van der Waals surface area contributed by atoms with E-state index in [1.165, 1.54) is 0 Å². The molecule has 1 heterocycles. The molecular weight excluding hydrogens is 264 g/mol. The van der Waals surface area contributed by atoms with E-state index in [1.807, 2.05) is 24.7 Å². The molecule has 0 aliphatic carbocycles. The molecule has 1 atom stereocenters. The van der Waals surface area contributed by atoms with Crippen LogP contribution in [0.15, 0.2) is 18.2 Å². The lowest BCUT2D eigenvalue weighted by Gasteiger charge is -2.20. The summed E-state index contributed by atoms with van der Waals surface area (Å²) >= 11 is 0. The second kappa shape index (κ2) is 6.28. The van der Waals surface area contributed by atoms with Gasteiger partial charge < -0.3 is 4.74 Å². The van der Waals surface area contributed by atoms with Gasteiger partial charge in [0.05, 0.1) is 24.5 Å². The Balaban J connectivity index is 2.50. The van der Waals surface area contributed by atoms with Crippen molar-refractivity contribution in [1.29, 1.82) is 0 Å². The van der Waals surface area contributed by atoms with Crippen LogP contribution in [0.2, 0.25) is 0 Å². The Morgan fingerprint density at radius 1 is 1.29 bits per heavy atom. The summed E-state index contributed by atoms with van der Waals surface area (Å²) in [6, 6.07) is 6.18. The quantitative estimate of drug-likeness (QED) is 0.653. The number of nitrogens with zero attached hydrogens (tertiary/aromatic N) is 2. The van der Waals surface area contributed by atoms with Gasteiger partial charge in [-0.3, -0.25) is 10.5 Å². The summed E-state index contributed by atoms with van der Waals surface area (Å²) in [5, 5.41) is 4.51. The molecule has 114 valence electrons. The molecule has 0 aliphatic rings. The molecule has 0 amide bonds. The van der Waals surface area contributed by atoms with E-state index in [-0.39, 0.29) is 6.04 Å². The molecule has 0 saturated heterocycles. The van der Waals surface area contributed by atoms with Crippen LogP contribution in [0.4, 0.5) is 0 Å². The van der Waals surface area contributed by atoms with Crippen molar-refractivity contribution in [2.24, 2.45) is 12.9 Å². The zero-order valence-corrected chi connectivity index (χ0v) is 13.4. The maximum absolute atomic E-state index is 5.82. The number of nitrogens with one attached hydrogen (secondary N) is 1. The van der Waals surface area contributed by atoms with E-state index in [0.29, 0.717) is 0 Å². The molecule has 3 N–H and O–H groups in total. The number of hydrogen-bond acceptors (Lipinski definition) is 4. The van der Waals surface area contributed by atoms with Crippen LogP contribution in [0.3, 0.4) is 0 Å². The van der Waals surface area contributed by atoms with Crippen LogP contribution in [0.5, 0.6) is 5.75 Å². The lowest BCUT2D eigenvalue weighted by molar-refractivity contribution is 0.411. The minimum atomic E-state index is -0.0904. The molecule has 0 radical (unpaired) electrons. The van der Waals surface area contributed by atoms with Crippen LogP contribution >= 0.6 is 0 Å². The fourth-order valence-electron chi connectivity index (χ4n) is 2.66. The van der Waals surface area contributed by atoms with Crippen molar-refractivity contribution in [2.75, 3.05) is 7.11 Å². The standard InChI is InChI=1S/C16H24N4O/c1-6-12-9-14(20(4)19-12)16(18-17)13-7-11(3)15(21-5)8-10(13)2/h7-9,16,18H,6,17H2,1-5H3. The number of hydrogen-bond donors (Lipinski definition) is 2. The molecule has 1 aromatic heterocycles. The zero-order chi connectivity index (χ0) is 15.6. The van der Waals surface area contributed by atoms with E-state index < -0.39 is 0 Å². The van der Waals surface area contributed by atoms with Crippen LogP contribution in [0.1, 0.15) is 41.0 Å². The van der Waals surface area contributed by atoms with Gasteiger partial charge in [0.2, 0.25) is 0 Å². The molecule has 2 rings (SSSR count). The lowest BCUT2D eigenvalue weighted by atomic mass is 9.96. The molecule has 0 saturated carbocycles. The molecule has 0 spiro atoms. The van der Waals surface area contributed by atoms with Gasteiger partial charge in [-0.25, -0.2) is 5.43 Å². The molecule has 0 fully saturated rings. The van der Waals surface area contributed by atoms with Crippen LogP contribution in [-0.2, 0) is 13.5 Å². The van der Waals surface area contributed by atoms with E-state index in [9.17, 15) is 0 Å². The summed E-state index contributed by atoms with van der Waals surface area (Å²) in [6.45, 7) is 6.20. The van der Waals surface area contributed by atoms with E-state index in [1.54, 1.807) is 7.11 Å². The van der Waals surface area contributed by atoms with E-state index in [0.717, 1.165) is 40.2 Å². The molecule has 5 nitrogen and oxygen atoms in total. The third-order valence-electron chi connectivity index (χ3n) is 3.89. The number of benzene rings is 1. The maximum atomic E-state index is 5.82. The second-order valence-corrected chi connectivity index (χ2v) is 5.32. The number of aromatic nitrogens is 2. The summed E-state index contributed by atoms with van der Waals surface area (Å²) in [5.41, 5.74) is 8.41. The Morgan fingerprint density at radius 2 is 2.00 bits per heavy atom. The third kappa shape index (κ3) is 2.94. The van der Waals surface area contributed by atoms with Crippen molar-refractivity contribution in [1.82, 2.24) is 15.2 Å². The van der Waals surface area contributed by atoms with Gasteiger partial charge in [-0.2, -0.15) is 5.10 Å². The summed E-state index contributed by atoms with van der Waals surface area (Å²) < 4.78 is 7.27. The normalized spacial score (nSPS) is 12.5. The van der Waals surface area contributed by atoms with Gasteiger partial charge in [-0.1, -0.05) is 13.0 Å². The summed E-state index contributed by atoms with van der Waals surface area (Å²) in [5.74, 6) is 6.72. The van der Waals surface area contributed by atoms with Gasteiger partial charge in [-0.05, 0) is 49.1 Å². The van der Waals surface area contributed by atoms with Gasteiger partial charge in [0.1, 0.15) is 5.75 Å².